The molecule has 5 nitrogen and oxygen atoms in total. The lowest BCUT2D eigenvalue weighted by molar-refractivity contribution is 0.577. The van der Waals surface area contributed by atoms with E-state index in [1.54, 1.807) is 0 Å². The highest BCUT2D eigenvalue weighted by Gasteiger charge is 2.24. The van der Waals surface area contributed by atoms with Crippen LogP contribution in [0.15, 0.2) is 130 Å². The number of hydrogen-bond acceptors (Lipinski definition) is 3. The van der Waals surface area contributed by atoms with Crippen LogP contribution in [-0.2, 0) is 0 Å². The Morgan fingerprint density at radius 3 is 2.07 bits per heavy atom. The van der Waals surface area contributed by atoms with Crippen molar-refractivity contribution in [3.63, 3.8) is 0 Å². The van der Waals surface area contributed by atoms with Crippen molar-refractivity contribution in [1.29, 1.82) is 0 Å². The Bertz CT molecular complexity index is 2740. The van der Waals surface area contributed by atoms with E-state index < -0.39 is 0 Å². The smallest absolute Gasteiger partial charge is 0.307 e. The van der Waals surface area contributed by atoms with Crippen molar-refractivity contribution in [1.82, 2.24) is 14.1 Å². The Morgan fingerprint density at radius 2 is 1.23 bits per heavy atom. The summed E-state index contributed by atoms with van der Waals surface area (Å²) < 4.78 is 17.4. The lowest BCUT2D eigenvalue weighted by Gasteiger charge is -2.08. The quantitative estimate of drug-likeness (QED) is 0.207. The highest BCUT2D eigenvalue weighted by atomic mass is 35.5. The van der Waals surface area contributed by atoms with E-state index in [9.17, 15) is 0 Å². The molecule has 6 heteroatoms. The molecule has 0 unspecified atom stereocenters. The number of aromatic nitrogens is 3. The first-order chi connectivity index (χ1) is 21.3. The van der Waals surface area contributed by atoms with Crippen LogP contribution in [0, 0.1) is 0 Å². The van der Waals surface area contributed by atoms with Crippen LogP contribution >= 0.6 is 11.6 Å². The normalized spacial score (nSPS) is 12.3. The molecule has 0 spiro atoms. The molecule has 0 aliphatic carbocycles. The lowest BCUT2D eigenvalue weighted by Crippen LogP contribution is -1.95. The van der Waals surface area contributed by atoms with Crippen LogP contribution in [-0.4, -0.2) is 14.1 Å². The van der Waals surface area contributed by atoms with Gasteiger partial charge in [-0.2, -0.15) is 4.98 Å². The van der Waals surface area contributed by atoms with Crippen molar-refractivity contribution in [3.8, 4) is 11.7 Å². The number of benzene rings is 6. The van der Waals surface area contributed by atoms with Gasteiger partial charge in [0, 0.05) is 32.6 Å². The first-order valence-corrected chi connectivity index (χ1v) is 14.6. The average Bonchev–Trinajstić information content (AvgIpc) is 3.80. The van der Waals surface area contributed by atoms with E-state index >= 15 is 0 Å². The maximum absolute atomic E-state index is 6.75. The second kappa shape index (κ2) is 8.28. The van der Waals surface area contributed by atoms with Gasteiger partial charge in [0.25, 0.3) is 0 Å². The molecule has 10 rings (SSSR count). The van der Waals surface area contributed by atoms with Gasteiger partial charge in [-0.1, -0.05) is 90.5 Å². The summed E-state index contributed by atoms with van der Waals surface area (Å²) in [6.07, 6.45) is 0. The number of rotatable bonds is 2. The fourth-order valence-electron chi connectivity index (χ4n) is 6.88. The minimum atomic E-state index is 0.485. The van der Waals surface area contributed by atoms with Gasteiger partial charge in [0.2, 0.25) is 0 Å². The predicted octanol–water partition coefficient (Wildman–Crippen LogP) is 10.6. The molecule has 0 saturated carbocycles. The van der Waals surface area contributed by atoms with Gasteiger partial charge in [-0.25, -0.2) is 0 Å². The number of para-hydroxylation sites is 4. The molecule has 0 aliphatic rings. The number of halogens is 1. The first kappa shape index (κ1) is 23.1. The molecule has 0 atom stereocenters. The lowest BCUT2D eigenvalue weighted by atomic mass is 10.1. The maximum Gasteiger partial charge on any atom is 0.307 e. The summed E-state index contributed by atoms with van der Waals surface area (Å²) in [6, 6.07) is 42.2. The van der Waals surface area contributed by atoms with E-state index in [1.807, 2.05) is 36.4 Å². The van der Waals surface area contributed by atoms with Crippen molar-refractivity contribution in [3.05, 3.63) is 126 Å². The van der Waals surface area contributed by atoms with Crippen LogP contribution in [0.3, 0.4) is 0 Å². The van der Waals surface area contributed by atoms with E-state index in [2.05, 4.69) is 94.1 Å². The number of nitrogens with zero attached hydrogens (tertiary/aromatic N) is 3. The maximum atomic E-state index is 6.75. The topological polar surface area (TPSA) is 49.0 Å². The minimum Gasteiger partial charge on any atom is -0.454 e. The van der Waals surface area contributed by atoms with Crippen molar-refractivity contribution < 1.29 is 8.83 Å². The molecule has 0 amide bonds. The van der Waals surface area contributed by atoms with Crippen LogP contribution in [0.5, 0.6) is 0 Å². The van der Waals surface area contributed by atoms with Gasteiger partial charge in [-0.15, -0.1) is 0 Å². The van der Waals surface area contributed by atoms with Gasteiger partial charge in [0.1, 0.15) is 11.1 Å². The molecule has 0 aliphatic heterocycles. The SMILES string of the molecule is Clc1cc2nc(-n3c4ccccc4c4ccc5c(c6ccccc6n5-c5ccccc5)c43)oc2c2c1oc1ccccc12. The number of furan rings is 1. The van der Waals surface area contributed by atoms with E-state index in [0.717, 1.165) is 60.3 Å². The monoisotopic (exact) mass is 573 g/mol. The highest BCUT2D eigenvalue weighted by Crippen LogP contribution is 2.44. The van der Waals surface area contributed by atoms with Gasteiger partial charge in [-0.05, 0) is 42.5 Å². The Balaban J connectivity index is 1.40. The Labute approximate surface area is 248 Å². The van der Waals surface area contributed by atoms with Crippen LogP contribution in [0.2, 0.25) is 5.02 Å². The first-order valence-electron chi connectivity index (χ1n) is 14.2. The predicted molar refractivity (Wildman–Crippen MR) is 175 cm³/mol. The molecule has 6 aromatic carbocycles. The Hall–Kier alpha value is -5.52. The molecule has 0 N–H and O–H groups in total. The summed E-state index contributed by atoms with van der Waals surface area (Å²) in [5, 5.41) is 6.87. The Morgan fingerprint density at radius 1 is 0.535 bits per heavy atom. The minimum absolute atomic E-state index is 0.485. The molecule has 0 bridgehead atoms. The second-order valence-electron chi connectivity index (χ2n) is 10.9. The van der Waals surface area contributed by atoms with E-state index in [4.69, 9.17) is 25.4 Å². The van der Waals surface area contributed by atoms with Crippen LogP contribution < -0.4 is 0 Å². The van der Waals surface area contributed by atoms with Crippen LogP contribution in [0.25, 0.3) is 88.4 Å². The third-order valence-corrected chi connectivity index (χ3v) is 8.90. The molecule has 10 aromatic rings. The third kappa shape index (κ3) is 2.99. The van der Waals surface area contributed by atoms with Crippen LogP contribution in [0.4, 0.5) is 0 Å². The summed E-state index contributed by atoms with van der Waals surface area (Å²) >= 11 is 6.75. The third-order valence-electron chi connectivity index (χ3n) is 8.62. The molecular formula is C37H20ClN3O2. The number of hydrogen-bond donors (Lipinski definition) is 0. The summed E-state index contributed by atoms with van der Waals surface area (Å²) in [7, 11) is 0. The highest BCUT2D eigenvalue weighted by molar-refractivity contribution is 6.38. The Kier molecular flexibility index (Phi) is 4.44. The largest absolute Gasteiger partial charge is 0.454 e. The van der Waals surface area contributed by atoms with E-state index in [-0.39, 0.29) is 0 Å². The van der Waals surface area contributed by atoms with E-state index in [1.165, 1.54) is 5.39 Å². The van der Waals surface area contributed by atoms with Gasteiger partial charge in [-0.3, -0.25) is 4.57 Å². The van der Waals surface area contributed by atoms with E-state index in [0.29, 0.717) is 27.7 Å². The molecule has 0 fully saturated rings. The van der Waals surface area contributed by atoms with Gasteiger partial charge in [0.15, 0.2) is 11.2 Å². The van der Waals surface area contributed by atoms with Gasteiger partial charge in [0.05, 0.1) is 32.5 Å². The summed E-state index contributed by atoms with van der Waals surface area (Å²) in [6.45, 7) is 0. The summed E-state index contributed by atoms with van der Waals surface area (Å²) in [4.78, 5) is 5.07. The molecule has 4 heterocycles. The fourth-order valence-corrected chi connectivity index (χ4v) is 7.12. The van der Waals surface area contributed by atoms with Crippen LogP contribution in [0.1, 0.15) is 0 Å². The molecule has 4 aromatic heterocycles. The molecule has 43 heavy (non-hydrogen) atoms. The average molecular weight is 574 g/mol. The zero-order valence-corrected chi connectivity index (χ0v) is 23.3. The molecule has 0 saturated heterocycles. The summed E-state index contributed by atoms with van der Waals surface area (Å²) in [5.41, 5.74) is 8.15. The van der Waals surface area contributed by atoms with Crippen molar-refractivity contribution in [2.45, 2.75) is 0 Å². The standard InChI is InChI=1S/C37H20ClN3O2/c38-26-20-27-36(33-25-14-6-9-17-31(25)42-35(26)33)43-37(39-27)41-28-15-7-4-12-22(28)23-18-19-30-32(34(23)41)24-13-5-8-16-29(24)40(30)21-10-2-1-3-11-21/h1-20H. The number of fused-ring (bicyclic) bond motifs is 12. The number of oxazole rings is 1. The van der Waals surface area contributed by atoms with Crippen molar-refractivity contribution in [2.75, 3.05) is 0 Å². The zero-order valence-electron chi connectivity index (χ0n) is 22.6. The molecular weight excluding hydrogens is 554 g/mol. The van der Waals surface area contributed by atoms with Crippen molar-refractivity contribution >= 4 is 88.3 Å². The van der Waals surface area contributed by atoms with Gasteiger partial charge < -0.3 is 13.4 Å². The molecule has 0 radical (unpaired) electrons. The summed E-state index contributed by atoms with van der Waals surface area (Å²) in [5.74, 6) is 0. The second-order valence-corrected chi connectivity index (χ2v) is 11.3. The van der Waals surface area contributed by atoms with Gasteiger partial charge >= 0.3 is 6.01 Å². The molecule has 202 valence electrons. The van der Waals surface area contributed by atoms with Crippen molar-refractivity contribution in [2.24, 2.45) is 0 Å². The zero-order chi connectivity index (χ0) is 28.2. The fraction of sp³-hybridized carbons (Fsp3) is 0.